The standard InChI is InChI=1S/C11H12F3N3O/c12-11(13,14)9-5-1-2-7-17(9)10(18)8-4-3-6-15-16-8/h3-4,6,9H,1-2,5,7H2/t9-/m1/s1. The molecule has 0 spiro atoms. The lowest BCUT2D eigenvalue weighted by atomic mass is 10.0. The molecule has 0 aromatic carbocycles. The Hall–Kier alpha value is -1.66. The Morgan fingerprint density at radius 3 is 2.78 bits per heavy atom. The smallest absolute Gasteiger partial charge is 0.325 e. The maximum atomic E-state index is 12.8. The maximum Gasteiger partial charge on any atom is 0.408 e. The molecule has 2 heterocycles. The molecule has 1 atom stereocenters. The third-order valence-corrected chi connectivity index (χ3v) is 2.93. The summed E-state index contributed by atoms with van der Waals surface area (Å²) in [7, 11) is 0. The first-order valence-electron chi connectivity index (χ1n) is 5.65. The number of amides is 1. The number of alkyl halides is 3. The summed E-state index contributed by atoms with van der Waals surface area (Å²) in [6.45, 7) is 0.111. The van der Waals surface area contributed by atoms with Gasteiger partial charge in [-0.25, -0.2) is 0 Å². The van der Waals surface area contributed by atoms with Crippen molar-refractivity contribution in [1.29, 1.82) is 0 Å². The van der Waals surface area contributed by atoms with Crippen molar-refractivity contribution in [2.75, 3.05) is 6.54 Å². The lowest BCUT2D eigenvalue weighted by Gasteiger charge is -2.36. The van der Waals surface area contributed by atoms with Gasteiger partial charge >= 0.3 is 6.18 Å². The minimum Gasteiger partial charge on any atom is -0.325 e. The van der Waals surface area contributed by atoms with Gasteiger partial charge in [0.25, 0.3) is 5.91 Å². The van der Waals surface area contributed by atoms with Crippen molar-refractivity contribution >= 4 is 5.91 Å². The number of hydrogen-bond donors (Lipinski definition) is 0. The summed E-state index contributed by atoms with van der Waals surface area (Å²) < 4.78 is 38.5. The molecule has 1 aromatic rings. The molecule has 0 N–H and O–H groups in total. The van der Waals surface area contributed by atoms with Crippen LogP contribution in [0.5, 0.6) is 0 Å². The molecule has 0 saturated carbocycles. The van der Waals surface area contributed by atoms with Gasteiger partial charge in [0.1, 0.15) is 6.04 Å². The van der Waals surface area contributed by atoms with E-state index in [1.54, 1.807) is 0 Å². The number of halogens is 3. The summed E-state index contributed by atoms with van der Waals surface area (Å²) in [5, 5.41) is 7.07. The lowest BCUT2D eigenvalue weighted by Crippen LogP contribution is -2.51. The van der Waals surface area contributed by atoms with Crippen LogP contribution in [0, 0.1) is 0 Å². The molecule has 1 fully saturated rings. The first-order chi connectivity index (χ1) is 8.50. The first kappa shape index (κ1) is 12.8. The van der Waals surface area contributed by atoms with Crippen molar-refractivity contribution in [3.8, 4) is 0 Å². The highest BCUT2D eigenvalue weighted by atomic mass is 19.4. The third kappa shape index (κ3) is 2.60. The van der Waals surface area contributed by atoms with E-state index in [4.69, 9.17) is 0 Å². The van der Waals surface area contributed by atoms with Gasteiger partial charge in [-0.2, -0.15) is 18.3 Å². The van der Waals surface area contributed by atoms with Crippen LogP contribution in [0.2, 0.25) is 0 Å². The number of carbonyl (C=O) groups excluding carboxylic acids is 1. The van der Waals surface area contributed by atoms with Crippen molar-refractivity contribution in [3.05, 3.63) is 24.0 Å². The molecule has 0 unspecified atom stereocenters. The van der Waals surface area contributed by atoms with Crippen molar-refractivity contribution in [2.24, 2.45) is 0 Å². The molecule has 0 radical (unpaired) electrons. The monoisotopic (exact) mass is 259 g/mol. The van der Waals surface area contributed by atoms with Crippen LogP contribution in [-0.4, -0.2) is 39.8 Å². The minimum atomic E-state index is -4.39. The van der Waals surface area contributed by atoms with E-state index in [1.807, 2.05) is 0 Å². The summed E-state index contributed by atoms with van der Waals surface area (Å²) in [4.78, 5) is 12.8. The second-order valence-electron chi connectivity index (χ2n) is 4.16. The van der Waals surface area contributed by atoms with Gasteiger partial charge in [-0.05, 0) is 31.4 Å². The molecule has 1 aliphatic rings. The summed E-state index contributed by atoms with van der Waals surface area (Å²) in [5.41, 5.74) is -0.0475. The molecule has 98 valence electrons. The van der Waals surface area contributed by atoms with Crippen LogP contribution in [0.3, 0.4) is 0 Å². The van der Waals surface area contributed by atoms with Crippen molar-refractivity contribution < 1.29 is 18.0 Å². The fourth-order valence-electron chi connectivity index (χ4n) is 2.08. The number of nitrogens with zero attached hydrogens (tertiary/aromatic N) is 3. The average Bonchev–Trinajstić information content (AvgIpc) is 2.38. The van der Waals surface area contributed by atoms with Gasteiger partial charge in [-0.15, -0.1) is 5.10 Å². The summed E-state index contributed by atoms with van der Waals surface area (Å²) in [6.07, 6.45) is -2.00. The summed E-state index contributed by atoms with van der Waals surface area (Å²) in [6, 6.07) is 1.14. The number of rotatable bonds is 1. The first-order valence-corrected chi connectivity index (χ1v) is 5.65. The number of hydrogen-bond acceptors (Lipinski definition) is 3. The fourth-order valence-corrected chi connectivity index (χ4v) is 2.08. The predicted octanol–water partition coefficient (Wildman–Crippen LogP) is 2.03. The minimum absolute atomic E-state index is 0.0461. The van der Waals surface area contributed by atoms with Gasteiger partial charge < -0.3 is 4.90 Å². The van der Waals surface area contributed by atoms with E-state index in [9.17, 15) is 18.0 Å². The van der Waals surface area contributed by atoms with Gasteiger partial charge in [0.2, 0.25) is 0 Å². The molecule has 2 rings (SSSR count). The van der Waals surface area contributed by atoms with Crippen molar-refractivity contribution in [1.82, 2.24) is 15.1 Å². The fraction of sp³-hybridized carbons (Fsp3) is 0.545. The van der Waals surface area contributed by atoms with Crippen LogP contribution in [0.4, 0.5) is 13.2 Å². The van der Waals surface area contributed by atoms with E-state index in [-0.39, 0.29) is 18.7 Å². The molecule has 1 aliphatic heterocycles. The predicted molar refractivity (Wildman–Crippen MR) is 56.8 cm³/mol. The normalized spacial score (nSPS) is 20.8. The molecule has 1 amide bonds. The van der Waals surface area contributed by atoms with Crippen LogP contribution >= 0.6 is 0 Å². The number of carbonyl (C=O) groups is 1. The second-order valence-corrected chi connectivity index (χ2v) is 4.16. The molecule has 1 saturated heterocycles. The Morgan fingerprint density at radius 1 is 1.39 bits per heavy atom. The zero-order valence-electron chi connectivity index (χ0n) is 9.52. The molecular formula is C11H12F3N3O. The topological polar surface area (TPSA) is 46.1 Å². The molecule has 0 aliphatic carbocycles. The van der Waals surface area contributed by atoms with E-state index >= 15 is 0 Å². The Morgan fingerprint density at radius 2 is 2.17 bits per heavy atom. The van der Waals surface area contributed by atoms with Crippen molar-refractivity contribution in [3.63, 3.8) is 0 Å². The van der Waals surface area contributed by atoms with Crippen LogP contribution in [0.15, 0.2) is 18.3 Å². The van der Waals surface area contributed by atoms with Crippen LogP contribution in [0.1, 0.15) is 29.8 Å². The van der Waals surface area contributed by atoms with Gasteiger partial charge in [0, 0.05) is 12.7 Å². The molecule has 4 nitrogen and oxygen atoms in total. The quantitative estimate of drug-likeness (QED) is 0.775. The van der Waals surface area contributed by atoms with Gasteiger partial charge in [-0.3, -0.25) is 4.79 Å². The Labute approximate surface area is 102 Å². The zero-order chi connectivity index (χ0) is 13.2. The van der Waals surface area contributed by atoms with E-state index < -0.39 is 18.1 Å². The van der Waals surface area contributed by atoms with Gasteiger partial charge in [0.15, 0.2) is 5.69 Å². The average molecular weight is 259 g/mol. The molecular weight excluding hydrogens is 247 g/mol. The SMILES string of the molecule is O=C(c1cccnn1)N1CCCC[C@@H]1C(F)(F)F. The Bertz CT molecular complexity index is 421. The van der Waals surface area contributed by atoms with E-state index in [2.05, 4.69) is 10.2 Å². The molecule has 1 aromatic heterocycles. The van der Waals surface area contributed by atoms with Gasteiger partial charge in [0.05, 0.1) is 0 Å². The van der Waals surface area contributed by atoms with Crippen molar-refractivity contribution in [2.45, 2.75) is 31.5 Å². The number of likely N-dealkylation sites (tertiary alicyclic amines) is 1. The van der Waals surface area contributed by atoms with Crippen LogP contribution in [-0.2, 0) is 0 Å². The van der Waals surface area contributed by atoms with E-state index in [0.29, 0.717) is 12.8 Å². The summed E-state index contributed by atoms with van der Waals surface area (Å²) in [5.74, 6) is -0.704. The van der Waals surface area contributed by atoms with E-state index in [1.165, 1.54) is 18.3 Å². The molecule has 7 heteroatoms. The second kappa shape index (κ2) is 4.91. The van der Waals surface area contributed by atoms with Gasteiger partial charge in [-0.1, -0.05) is 0 Å². The molecule has 18 heavy (non-hydrogen) atoms. The highest BCUT2D eigenvalue weighted by molar-refractivity contribution is 5.92. The highest BCUT2D eigenvalue weighted by Crippen LogP contribution is 2.32. The largest absolute Gasteiger partial charge is 0.408 e. The van der Waals surface area contributed by atoms with Crippen LogP contribution < -0.4 is 0 Å². The van der Waals surface area contributed by atoms with E-state index in [0.717, 1.165) is 4.90 Å². The Kier molecular flexibility index (Phi) is 3.49. The third-order valence-electron chi connectivity index (χ3n) is 2.93. The maximum absolute atomic E-state index is 12.8. The lowest BCUT2D eigenvalue weighted by molar-refractivity contribution is -0.183. The Balaban J connectivity index is 2.22. The summed E-state index contributed by atoms with van der Waals surface area (Å²) >= 11 is 0. The number of aromatic nitrogens is 2. The van der Waals surface area contributed by atoms with Crippen LogP contribution in [0.25, 0.3) is 0 Å². The number of piperidine rings is 1. The molecule has 0 bridgehead atoms. The highest BCUT2D eigenvalue weighted by Gasteiger charge is 2.46. The zero-order valence-corrected chi connectivity index (χ0v) is 9.52.